The molecule has 3 aliphatic rings. The van der Waals surface area contributed by atoms with E-state index < -0.39 is 17.6 Å². The van der Waals surface area contributed by atoms with Gasteiger partial charge < -0.3 is 14.9 Å². The molecule has 0 aromatic rings. The molecule has 0 bridgehead atoms. The van der Waals surface area contributed by atoms with Crippen LogP contribution >= 0.6 is 0 Å². The Morgan fingerprint density at radius 3 is 2.63 bits per heavy atom. The maximum absolute atomic E-state index is 11.8. The number of aliphatic hydroxyl groups excluding tert-OH is 2. The fourth-order valence-corrected chi connectivity index (χ4v) is 4.74. The van der Waals surface area contributed by atoms with Gasteiger partial charge in [0.2, 0.25) is 0 Å². The van der Waals surface area contributed by atoms with Crippen molar-refractivity contribution in [1.29, 1.82) is 0 Å². The Bertz CT molecular complexity index is 465. The lowest BCUT2D eigenvalue weighted by molar-refractivity contribution is -0.137. The molecule has 2 N–H and O–H groups in total. The first-order chi connectivity index (χ1) is 8.78. The van der Waals surface area contributed by atoms with Gasteiger partial charge in [0.1, 0.15) is 6.61 Å². The minimum Gasteiger partial charge on any atom is -0.458 e. The average Bonchev–Trinajstić information content (AvgIpc) is 2.67. The highest BCUT2D eigenvalue weighted by molar-refractivity contribution is 5.92. The third-order valence-electron chi connectivity index (χ3n) is 5.65. The summed E-state index contributed by atoms with van der Waals surface area (Å²) < 4.78 is 5.14. The second-order valence-electron chi connectivity index (χ2n) is 7.11. The summed E-state index contributed by atoms with van der Waals surface area (Å²) in [5.41, 5.74) is 0.939. The minimum absolute atomic E-state index is 0.0306. The van der Waals surface area contributed by atoms with Crippen LogP contribution in [0.4, 0.5) is 0 Å². The number of rotatable bonds is 0. The van der Waals surface area contributed by atoms with Crippen LogP contribution < -0.4 is 0 Å². The Kier molecular flexibility index (Phi) is 2.64. The number of carbonyl (C=O) groups excluding carboxylic acids is 1. The Hall–Kier alpha value is -0.870. The number of esters is 1. The lowest BCUT2D eigenvalue weighted by Crippen LogP contribution is -2.58. The number of cyclic esters (lactones) is 1. The Balaban J connectivity index is 2.16. The molecule has 4 nitrogen and oxygen atoms in total. The van der Waals surface area contributed by atoms with Gasteiger partial charge in [0.25, 0.3) is 0 Å². The summed E-state index contributed by atoms with van der Waals surface area (Å²) in [7, 11) is 0. The highest BCUT2D eigenvalue weighted by Gasteiger charge is 2.60. The lowest BCUT2D eigenvalue weighted by atomic mass is 9.48. The first kappa shape index (κ1) is 13.1. The molecule has 1 saturated carbocycles. The molecule has 0 radical (unpaired) electrons. The standard InChI is InChI=1S/C15H22O4/c1-14(2)5-4-11(17)15(3)9-7-19-13(18)8(9)6-10(16)12(14)15/h10-12,16-17H,4-7H2,1-3H3. The predicted molar refractivity (Wildman–Crippen MR) is 69.2 cm³/mol. The second kappa shape index (κ2) is 3.83. The number of hydrogen-bond acceptors (Lipinski definition) is 4. The molecule has 0 aromatic heterocycles. The van der Waals surface area contributed by atoms with Crippen LogP contribution in [-0.4, -0.2) is 35.0 Å². The SMILES string of the molecule is CC1(C)CCC(O)C2(C)C3=C(CC(O)C12)C(=O)OC3. The highest BCUT2D eigenvalue weighted by atomic mass is 16.5. The van der Waals surface area contributed by atoms with Gasteiger partial charge in [-0.2, -0.15) is 0 Å². The van der Waals surface area contributed by atoms with Gasteiger partial charge in [-0.05, 0) is 23.8 Å². The fraction of sp³-hybridized carbons (Fsp3) is 0.800. The van der Waals surface area contributed by atoms with Gasteiger partial charge in [0, 0.05) is 23.3 Å². The molecule has 0 saturated heterocycles. The van der Waals surface area contributed by atoms with Crippen molar-refractivity contribution in [2.45, 2.75) is 52.2 Å². The third-order valence-corrected chi connectivity index (χ3v) is 5.65. The van der Waals surface area contributed by atoms with Crippen LogP contribution in [0, 0.1) is 16.7 Å². The van der Waals surface area contributed by atoms with Gasteiger partial charge in [-0.1, -0.05) is 20.8 Å². The summed E-state index contributed by atoms with van der Waals surface area (Å²) in [5, 5.41) is 21.1. The monoisotopic (exact) mass is 266 g/mol. The smallest absolute Gasteiger partial charge is 0.334 e. The Morgan fingerprint density at radius 2 is 1.95 bits per heavy atom. The van der Waals surface area contributed by atoms with Gasteiger partial charge in [-0.3, -0.25) is 0 Å². The molecule has 3 rings (SSSR count). The maximum Gasteiger partial charge on any atom is 0.334 e. The van der Waals surface area contributed by atoms with Crippen LogP contribution in [0.25, 0.3) is 0 Å². The number of aliphatic hydroxyl groups is 2. The largest absolute Gasteiger partial charge is 0.458 e. The van der Waals surface area contributed by atoms with Gasteiger partial charge in [-0.15, -0.1) is 0 Å². The molecule has 0 aromatic carbocycles. The fourth-order valence-electron chi connectivity index (χ4n) is 4.74. The number of carbonyl (C=O) groups is 1. The molecule has 4 atom stereocenters. The summed E-state index contributed by atoms with van der Waals surface area (Å²) in [6, 6.07) is 0. The van der Waals surface area contributed by atoms with Gasteiger partial charge in [0.15, 0.2) is 0 Å². The van der Waals surface area contributed by atoms with E-state index in [-0.39, 0.29) is 23.9 Å². The molecule has 106 valence electrons. The molecule has 4 heteroatoms. The van der Waals surface area contributed by atoms with Gasteiger partial charge >= 0.3 is 5.97 Å². The van der Waals surface area contributed by atoms with E-state index in [0.29, 0.717) is 18.4 Å². The highest BCUT2D eigenvalue weighted by Crippen LogP contribution is 2.60. The van der Waals surface area contributed by atoms with Crippen molar-refractivity contribution in [3.63, 3.8) is 0 Å². The summed E-state index contributed by atoms with van der Waals surface area (Å²) in [6.45, 7) is 6.56. The Labute approximate surface area is 113 Å². The number of fused-ring (bicyclic) bond motifs is 2. The summed E-state index contributed by atoms with van der Waals surface area (Å²) in [5.74, 6) is -0.346. The van der Waals surface area contributed by atoms with E-state index in [2.05, 4.69) is 13.8 Å². The third kappa shape index (κ3) is 1.56. The first-order valence-electron chi connectivity index (χ1n) is 7.04. The van der Waals surface area contributed by atoms with Crippen molar-refractivity contribution in [2.24, 2.45) is 16.7 Å². The van der Waals surface area contributed by atoms with E-state index in [0.717, 1.165) is 12.0 Å². The lowest BCUT2D eigenvalue weighted by Gasteiger charge is -2.57. The number of ether oxygens (including phenoxy) is 1. The predicted octanol–water partition coefficient (Wildman–Crippen LogP) is 1.41. The first-order valence-corrected chi connectivity index (χ1v) is 7.04. The van der Waals surface area contributed by atoms with E-state index in [1.807, 2.05) is 6.92 Å². The maximum atomic E-state index is 11.8. The molecule has 1 heterocycles. The van der Waals surface area contributed by atoms with Crippen LogP contribution in [0.3, 0.4) is 0 Å². The van der Waals surface area contributed by atoms with Gasteiger partial charge in [0.05, 0.1) is 12.2 Å². The molecule has 4 unspecified atom stereocenters. The van der Waals surface area contributed by atoms with Crippen LogP contribution in [0.1, 0.15) is 40.0 Å². The summed E-state index contributed by atoms with van der Waals surface area (Å²) in [4.78, 5) is 11.8. The second-order valence-corrected chi connectivity index (χ2v) is 7.11. The topological polar surface area (TPSA) is 66.8 Å². The van der Waals surface area contributed by atoms with E-state index in [1.165, 1.54) is 0 Å². The molecule has 1 fully saturated rings. The van der Waals surface area contributed by atoms with Crippen molar-refractivity contribution >= 4 is 5.97 Å². The van der Waals surface area contributed by atoms with Crippen molar-refractivity contribution in [2.75, 3.05) is 6.61 Å². The minimum atomic E-state index is -0.584. The zero-order chi connectivity index (χ0) is 14.0. The summed E-state index contributed by atoms with van der Waals surface area (Å²) in [6.07, 6.45) is 0.866. The zero-order valence-corrected chi connectivity index (χ0v) is 11.8. The summed E-state index contributed by atoms with van der Waals surface area (Å²) >= 11 is 0. The molecular weight excluding hydrogens is 244 g/mol. The van der Waals surface area contributed by atoms with Crippen LogP contribution in [-0.2, 0) is 9.53 Å². The van der Waals surface area contributed by atoms with E-state index in [1.54, 1.807) is 0 Å². The van der Waals surface area contributed by atoms with Crippen LogP contribution in [0.2, 0.25) is 0 Å². The molecular formula is C15H22O4. The molecule has 1 aliphatic heterocycles. The van der Waals surface area contributed by atoms with Crippen LogP contribution in [0.5, 0.6) is 0 Å². The average molecular weight is 266 g/mol. The van der Waals surface area contributed by atoms with E-state index in [4.69, 9.17) is 4.74 Å². The zero-order valence-electron chi connectivity index (χ0n) is 11.8. The van der Waals surface area contributed by atoms with Crippen molar-refractivity contribution in [3.8, 4) is 0 Å². The molecule has 0 amide bonds. The number of hydrogen-bond donors (Lipinski definition) is 2. The molecule has 0 spiro atoms. The van der Waals surface area contributed by atoms with Crippen molar-refractivity contribution in [1.82, 2.24) is 0 Å². The van der Waals surface area contributed by atoms with Gasteiger partial charge in [-0.25, -0.2) is 4.79 Å². The van der Waals surface area contributed by atoms with E-state index in [9.17, 15) is 15.0 Å². The quantitative estimate of drug-likeness (QED) is 0.651. The Morgan fingerprint density at radius 1 is 1.26 bits per heavy atom. The normalized spacial score (nSPS) is 44.7. The van der Waals surface area contributed by atoms with Crippen molar-refractivity contribution < 1.29 is 19.7 Å². The van der Waals surface area contributed by atoms with Crippen molar-refractivity contribution in [3.05, 3.63) is 11.1 Å². The molecule has 19 heavy (non-hydrogen) atoms. The van der Waals surface area contributed by atoms with E-state index >= 15 is 0 Å². The molecule has 2 aliphatic carbocycles. The van der Waals surface area contributed by atoms with Crippen LogP contribution in [0.15, 0.2) is 11.1 Å².